The summed E-state index contributed by atoms with van der Waals surface area (Å²) in [7, 11) is -15.5. The second-order valence-electron chi connectivity index (χ2n) is 1.22. The molecule has 0 rings (SSSR count). The molecule has 0 bridgehead atoms. The van der Waals surface area contributed by atoms with Crippen LogP contribution in [-0.4, -0.2) is 69.9 Å². The molecule has 0 aromatic heterocycles. The molecule has 13 nitrogen and oxygen atoms in total. The van der Waals surface area contributed by atoms with Gasteiger partial charge in [0.15, 0.2) is 0 Å². The van der Waals surface area contributed by atoms with Gasteiger partial charge in [-0.2, -0.15) is 0 Å². The van der Waals surface area contributed by atoms with E-state index in [0.29, 0.717) is 0 Å². The zero-order valence-corrected chi connectivity index (χ0v) is 12.8. The van der Waals surface area contributed by atoms with Gasteiger partial charge in [-0.3, -0.25) is 25.3 Å². The summed E-state index contributed by atoms with van der Waals surface area (Å²) in [5.41, 5.74) is 0. The van der Waals surface area contributed by atoms with E-state index in [1.807, 2.05) is 0 Å². The summed E-state index contributed by atoms with van der Waals surface area (Å²) in [5.74, 6) is 0. The van der Waals surface area contributed by atoms with Crippen LogP contribution in [-0.2, 0) is 48.3 Å². The van der Waals surface area contributed by atoms with Gasteiger partial charge >= 0.3 is 34.4 Å². The average molecular weight is 389 g/mol. The molecule has 0 saturated heterocycles. The molecular weight excluding hydrogens is 385 g/mol. The topological polar surface area (TPSA) is 277 Å². The average Bonchev–Trinajstić information content (AvgIpc) is 1.41. The molecule has 0 atom stereocenters. The third-order valence-corrected chi connectivity index (χ3v) is 0. The maximum absolute atomic E-state index is 8.52. The zero-order valence-electron chi connectivity index (χ0n) is 8.05. The summed E-state index contributed by atoms with van der Waals surface area (Å²) in [6.45, 7) is 0. The Morgan fingerprint density at radius 1 is 0.500 bits per heavy atom. The summed E-state index contributed by atoms with van der Waals surface area (Å²) >= 11 is 0. The fraction of sp³-hybridized carbons (Fsp3) is 0. The normalized spacial score (nSPS) is 9.67. The van der Waals surface area contributed by atoms with Crippen LogP contribution in [0.25, 0.3) is 0 Å². The number of quaternary nitrogens is 1. The predicted molar refractivity (Wildman–Crippen MR) is 43.2 cm³/mol. The molecule has 0 fully saturated rings. The maximum Gasteiger partial charge on any atom is 3.00 e. The molecule has 0 aliphatic heterocycles. The van der Waals surface area contributed by atoms with E-state index >= 15 is 0 Å². The minimum absolute atomic E-state index is 0. The van der Waals surface area contributed by atoms with E-state index in [9.17, 15) is 0 Å². The van der Waals surface area contributed by atoms with Crippen LogP contribution in [0.2, 0.25) is 0 Å². The summed E-state index contributed by atoms with van der Waals surface area (Å²) in [4.78, 5) is 0. The molecule has 0 aliphatic rings. The van der Waals surface area contributed by atoms with Crippen molar-refractivity contribution in [3.8, 4) is 0 Å². The van der Waals surface area contributed by atoms with Gasteiger partial charge in [0.05, 0.1) is 0 Å². The SMILES string of the molecule is O=S(=O)([O-])[O-].O=S(=O)([O-])[O-].O=S(=O)([O-])[O-].[Al+3].[Fe+2].[NH4+]. The quantitative estimate of drug-likeness (QED) is 0.235. The first-order valence-corrected chi connectivity index (χ1v) is 6.00. The van der Waals surface area contributed by atoms with E-state index in [1.54, 1.807) is 0 Å². The van der Waals surface area contributed by atoms with E-state index in [1.165, 1.54) is 0 Å². The van der Waals surface area contributed by atoms with Gasteiger partial charge < -0.3 is 33.5 Å². The standard InChI is InChI=1S/Al.Fe.H3N.3H2O4S/c;;;3*1-5(2,3)4/h;;1H3;3*(H2,1,2,3,4)/q+3;+2;;;;/p-5. The Bertz CT molecular complexity index is 348. The Kier molecular flexibility index (Phi) is 28.3. The molecule has 0 amide bonds. The van der Waals surface area contributed by atoms with Crippen molar-refractivity contribution in [2.75, 3.05) is 0 Å². The minimum Gasteiger partial charge on any atom is -0.759 e. The van der Waals surface area contributed by atoms with Crippen LogP contribution in [0.1, 0.15) is 0 Å². The molecule has 0 heterocycles. The van der Waals surface area contributed by atoms with Crippen LogP contribution >= 0.6 is 0 Å². The molecule has 0 saturated carbocycles. The molecule has 18 heavy (non-hydrogen) atoms. The van der Waals surface area contributed by atoms with Crippen molar-refractivity contribution in [3.63, 3.8) is 0 Å². The minimum atomic E-state index is -5.17. The fourth-order valence-electron chi connectivity index (χ4n) is 0. The van der Waals surface area contributed by atoms with Gasteiger partial charge in [-0.25, -0.2) is 0 Å². The summed E-state index contributed by atoms with van der Waals surface area (Å²) in [6, 6.07) is 0. The zero-order chi connectivity index (χ0) is 13.5. The third kappa shape index (κ3) is 10500. The largest absolute Gasteiger partial charge is 3.00 e. The van der Waals surface area contributed by atoms with Gasteiger partial charge in [0, 0.05) is 31.2 Å². The van der Waals surface area contributed by atoms with Crippen LogP contribution in [0.5, 0.6) is 0 Å². The molecular formula is H4AlFeNO12S3. The first-order valence-electron chi connectivity index (χ1n) is 2.00. The first-order chi connectivity index (χ1) is 6.00. The smallest absolute Gasteiger partial charge is 0.759 e. The maximum atomic E-state index is 8.52. The summed E-state index contributed by atoms with van der Waals surface area (Å²) in [6.07, 6.45) is 0. The van der Waals surface area contributed by atoms with Crippen molar-refractivity contribution < 1.29 is 69.6 Å². The molecule has 0 aliphatic carbocycles. The molecule has 110 valence electrons. The Morgan fingerprint density at radius 2 is 0.500 bits per heavy atom. The van der Waals surface area contributed by atoms with Crippen LogP contribution in [0.4, 0.5) is 0 Å². The fourth-order valence-corrected chi connectivity index (χ4v) is 0. The van der Waals surface area contributed by atoms with Gasteiger partial charge in [-0.1, -0.05) is 0 Å². The van der Waals surface area contributed by atoms with E-state index in [-0.39, 0.29) is 40.6 Å². The van der Waals surface area contributed by atoms with Crippen molar-refractivity contribution in [1.29, 1.82) is 0 Å². The van der Waals surface area contributed by atoms with Crippen LogP contribution < -0.4 is 6.15 Å². The van der Waals surface area contributed by atoms with Gasteiger partial charge in [0.25, 0.3) is 0 Å². The van der Waals surface area contributed by atoms with E-state index in [4.69, 9.17) is 52.6 Å². The monoisotopic (exact) mass is 389 g/mol. The Balaban J connectivity index is -0.0000000277. The van der Waals surface area contributed by atoms with Crippen molar-refractivity contribution in [3.05, 3.63) is 0 Å². The van der Waals surface area contributed by atoms with E-state index < -0.39 is 31.2 Å². The van der Waals surface area contributed by atoms with E-state index in [2.05, 4.69) is 0 Å². The van der Waals surface area contributed by atoms with Crippen molar-refractivity contribution in [2.45, 2.75) is 0 Å². The van der Waals surface area contributed by atoms with Crippen LogP contribution in [0.15, 0.2) is 0 Å². The number of hydrogen-bond acceptors (Lipinski definition) is 12. The molecule has 0 aromatic carbocycles. The van der Waals surface area contributed by atoms with Crippen molar-refractivity contribution in [1.82, 2.24) is 6.15 Å². The Hall–Kier alpha value is 0.622. The van der Waals surface area contributed by atoms with Gasteiger partial charge in [-0.15, -0.1) is 0 Å². The molecule has 0 unspecified atom stereocenters. The third-order valence-electron chi connectivity index (χ3n) is 0. The molecule has 0 aromatic rings. The molecule has 0 spiro atoms. The van der Waals surface area contributed by atoms with E-state index in [0.717, 1.165) is 0 Å². The molecule has 4 N–H and O–H groups in total. The summed E-state index contributed by atoms with van der Waals surface area (Å²) < 4.78 is 102. The van der Waals surface area contributed by atoms with Gasteiger partial charge in [0.2, 0.25) is 0 Å². The first kappa shape index (κ1) is 36.3. The van der Waals surface area contributed by atoms with Crippen molar-refractivity contribution >= 4 is 48.6 Å². The Morgan fingerprint density at radius 3 is 0.500 bits per heavy atom. The van der Waals surface area contributed by atoms with Crippen molar-refractivity contribution in [2.24, 2.45) is 0 Å². The van der Waals surface area contributed by atoms with Crippen LogP contribution in [0, 0.1) is 0 Å². The molecule has 0 radical (unpaired) electrons. The molecule has 18 heteroatoms. The second kappa shape index (κ2) is 14.0. The van der Waals surface area contributed by atoms with Gasteiger partial charge in [-0.05, 0) is 0 Å². The summed E-state index contributed by atoms with van der Waals surface area (Å²) in [5, 5.41) is 0. The van der Waals surface area contributed by atoms with Gasteiger partial charge in [0.1, 0.15) is 0 Å². The number of hydrogen-bond donors (Lipinski definition) is 1. The predicted octanol–water partition coefficient (Wildman–Crippen LogP) is -4.02. The van der Waals surface area contributed by atoms with Crippen LogP contribution in [0.3, 0.4) is 0 Å². The Labute approximate surface area is 124 Å². The number of rotatable bonds is 0. The second-order valence-corrected chi connectivity index (χ2v) is 3.67.